The summed E-state index contributed by atoms with van der Waals surface area (Å²) < 4.78 is 0. The van der Waals surface area contributed by atoms with Crippen LogP contribution in [-0.2, 0) is 5.41 Å². The number of benzene rings is 6. The summed E-state index contributed by atoms with van der Waals surface area (Å²) in [7, 11) is -1.56. The van der Waals surface area contributed by atoms with Gasteiger partial charge in [0, 0.05) is 0 Å². The quantitative estimate of drug-likeness (QED) is 0.294. The Morgan fingerprint density at radius 1 is 0.472 bits per heavy atom. The molecule has 0 aliphatic heterocycles. The molecule has 0 saturated carbocycles. The SMILES string of the molecule is OB(O)c1cc2c(c3ccccc13)-c1ccccc1C21c2ccccc2-c2c1ccc1ccccc21. The van der Waals surface area contributed by atoms with E-state index in [1.807, 2.05) is 24.3 Å². The summed E-state index contributed by atoms with van der Waals surface area (Å²) >= 11 is 0. The summed E-state index contributed by atoms with van der Waals surface area (Å²) in [5.74, 6) is 0. The third kappa shape index (κ3) is 2.26. The number of hydrogen-bond acceptors (Lipinski definition) is 2. The monoisotopic (exact) mass is 460 g/mol. The van der Waals surface area contributed by atoms with Crippen LogP contribution < -0.4 is 5.46 Å². The van der Waals surface area contributed by atoms with Crippen LogP contribution in [0.1, 0.15) is 22.3 Å². The molecule has 0 aromatic heterocycles. The molecule has 0 heterocycles. The molecule has 8 rings (SSSR count). The zero-order chi connectivity index (χ0) is 24.0. The molecular formula is C33H21BO2. The molecule has 0 fully saturated rings. The lowest BCUT2D eigenvalue weighted by Crippen LogP contribution is -2.33. The molecule has 168 valence electrons. The summed E-state index contributed by atoms with van der Waals surface area (Å²) in [6, 6.07) is 40.7. The van der Waals surface area contributed by atoms with Crippen molar-refractivity contribution in [3.05, 3.63) is 138 Å². The molecule has 6 aromatic rings. The van der Waals surface area contributed by atoms with Gasteiger partial charge < -0.3 is 10.0 Å². The highest BCUT2D eigenvalue weighted by molar-refractivity contribution is 6.62. The molecule has 6 aromatic carbocycles. The minimum atomic E-state index is -1.56. The Bertz CT molecular complexity index is 1870. The van der Waals surface area contributed by atoms with Crippen molar-refractivity contribution in [3.8, 4) is 22.3 Å². The second-order valence-electron chi connectivity index (χ2n) is 9.86. The smallest absolute Gasteiger partial charge is 0.423 e. The van der Waals surface area contributed by atoms with Crippen molar-refractivity contribution in [2.75, 3.05) is 0 Å². The fraction of sp³-hybridized carbons (Fsp3) is 0.0303. The Balaban J connectivity index is 1.64. The van der Waals surface area contributed by atoms with Gasteiger partial charge in [-0.25, -0.2) is 0 Å². The van der Waals surface area contributed by atoms with Gasteiger partial charge in [-0.3, -0.25) is 0 Å². The first-order valence-electron chi connectivity index (χ1n) is 12.4. The highest BCUT2D eigenvalue weighted by atomic mass is 16.4. The second-order valence-corrected chi connectivity index (χ2v) is 9.86. The van der Waals surface area contributed by atoms with E-state index in [1.54, 1.807) is 0 Å². The standard InChI is InChI=1S/C33H21BO2/c35-34(36)30-19-29-32(23-12-4-3-11-22(23)30)25-14-6-8-16-27(25)33(29)26-15-7-5-13-24(26)31-21-10-2-1-9-20(21)17-18-28(31)33/h1-19,35-36H. The topological polar surface area (TPSA) is 40.5 Å². The van der Waals surface area contributed by atoms with Crippen LogP contribution in [0, 0.1) is 0 Å². The number of fused-ring (bicyclic) bond motifs is 14. The summed E-state index contributed by atoms with van der Waals surface area (Å²) in [6.07, 6.45) is 0. The van der Waals surface area contributed by atoms with E-state index in [-0.39, 0.29) is 0 Å². The van der Waals surface area contributed by atoms with E-state index in [0.717, 1.165) is 16.3 Å². The van der Waals surface area contributed by atoms with Crippen molar-refractivity contribution in [2.45, 2.75) is 5.41 Å². The molecule has 36 heavy (non-hydrogen) atoms. The fourth-order valence-electron chi connectivity index (χ4n) is 7.00. The van der Waals surface area contributed by atoms with Crippen LogP contribution in [0.5, 0.6) is 0 Å². The predicted molar refractivity (Wildman–Crippen MR) is 148 cm³/mol. The molecule has 2 aliphatic rings. The van der Waals surface area contributed by atoms with E-state index >= 15 is 0 Å². The average molecular weight is 460 g/mol. The first kappa shape index (κ1) is 20.1. The molecule has 1 atom stereocenters. The van der Waals surface area contributed by atoms with E-state index in [1.165, 1.54) is 49.7 Å². The van der Waals surface area contributed by atoms with Gasteiger partial charge in [0.1, 0.15) is 0 Å². The number of hydrogen-bond donors (Lipinski definition) is 2. The van der Waals surface area contributed by atoms with E-state index in [0.29, 0.717) is 5.46 Å². The van der Waals surface area contributed by atoms with Crippen LogP contribution in [0.3, 0.4) is 0 Å². The van der Waals surface area contributed by atoms with Crippen molar-refractivity contribution >= 4 is 34.1 Å². The zero-order valence-electron chi connectivity index (χ0n) is 19.4. The van der Waals surface area contributed by atoms with E-state index in [2.05, 4.69) is 91.0 Å². The van der Waals surface area contributed by atoms with Crippen LogP contribution >= 0.6 is 0 Å². The zero-order valence-corrected chi connectivity index (χ0v) is 19.4. The molecule has 2 nitrogen and oxygen atoms in total. The van der Waals surface area contributed by atoms with Crippen LogP contribution in [0.4, 0.5) is 0 Å². The average Bonchev–Trinajstić information content (AvgIpc) is 3.40. The third-order valence-corrected chi connectivity index (χ3v) is 8.29. The lowest BCUT2D eigenvalue weighted by molar-refractivity contribution is 0.426. The first-order chi connectivity index (χ1) is 17.7. The molecule has 1 spiro atoms. The molecule has 0 amide bonds. The first-order valence-corrected chi connectivity index (χ1v) is 12.4. The fourth-order valence-corrected chi connectivity index (χ4v) is 7.00. The van der Waals surface area contributed by atoms with Crippen molar-refractivity contribution in [1.29, 1.82) is 0 Å². The van der Waals surface area contributed by atoms with Gasteiger partial charge in [0.25, 0.3) is 0 Å². The van der Waals surface area contributed by atoms with Gasteiger partial charge in [-0.1, -0.05) is 115 Å². The predicted octanol–water partition coefficient (Wildman–Crippen LogP) is 6.02. The van der Waals surface area contributed by atoms with Crippen molar-refractivity contribution in [1.82, 2.24) is 0 Å². The van der Waals surface area contributed by atoms with Crippen LogP contribution in [-0.4, -0.2) is 17.2 Å². The van der Waals surface area contributed by atoms with Gasteiger partial charge >= 0.3 is 7.12 Å². The summed E-state index contributed by atoms with van der Waals surface area (Å²) in [4.78, 5) is 0. The highest BCUT2D eigenvalue weighted by Crippen LogP contribution is 2.64. The van der Waals surface area contributed by atoms with Gasteiger partial charge in [-0.15, -0.1) is 0 Å². The lowest BCUT2D eigenvalue weighted by atomic mass is 9.67. The molecular weight excluding hydrogens is 439 g/mol. The largest absolute Gasteiger partial charge is 0.489 e. The molecule has 1 unspecified atom stereocenters. The maximum Gasteiger partial charge on any atom is 0.489 e. The van der Waals surface area contributed by atoms with E-state index in [4.69, 9.17) is 0 Å². The summed E-state index contributed by atoms with van der Waals surface area (Å²) in [5, 5.41) is 25.4. The second kappa shape index (κ2) is 6.95. The number of rotatable bonds is 1. The lowest BCUT2D eigenvalue weighted by Gasteiger charge is -2.31. The van der Waals surface area contributed by atoms with Gasteiger partial charge in [-0.2, -0.15) is 0 Å². The highest BCUT2D eigenvalue weighted by Gasteiger charge is 2.52. The molecule has 2 aliphatic carbocycles. The summed E-state index contributed by atoms with van der Waals surface area (Å²) in [5.41, 5.74) is 9.77. The van der Waals surface area contributed by atoms with Crippen LogP contribution in [0.15, 0.2) is 115 Å². The minimum absolute atomic E-state index is 0.532. The van der Waals surface area contributed by atoms with Crippen LogP contribution in [0.25, 0.3) is 43.8 Å². The Morgan fingerprint density at radius 2 is 1.03 bits per heavy atom. The van der Waals surface area contributed by atoms with Crippen LogP contribution in [0.2, 0.25) is 0 Å². The van der Waals surface area contributed by atoms with Crippen molar-refractivity contribution in [2.24, 2.45) is 0 Å². The maximum atomic E-state index is 10.5. The van der Waals surface area contributed by atoms with E-state index in [9.17, 15) is 10.0 Å². The van der Waals surface area contributed by atoms with Gasteiger partial charge in [-0.05, 0) is 71.5 Å². The Morgan fingerprint density at radius 3 is 1.72 bits per heavy atom. The summed E-state index contributed by atoms with van der Waals surface area (Å²) in [6.45, 7) is 0. The third-order valence-electron chi connectivity index (χ3n) is 8.29. The Kier molecular flexibility index (Phi) is 3.87. The van der Waals surface area contributed by atoms with Gasteiger partial charge in [0.05, 0.1) is 5.41 Å². The molecule has 0 radical (unpaired) electrons. The maximum absolute atomic E-state index is 10.5. The Hall–Kier alpha value is -4.18. The van der Waals surface area contributed by atoms with Crippen molar-refractivity contribution in [3.63, 3.8) is 0 Å². The van der Waals surface area contributed by atoms with E-state index < -0.39 is 12.5 Å². The van der Waals surface area contributed by atoms with Crippen molar-refractivity contribution < 1.29 is 10.0 Å². The Labute approximate surface area is 209 Å². The molecule has 0 saturated heterocycles. The normalized spacial score (nSPS) is 16.7. The minimum Gasteiger partial charge on any atom is -0.423 e. The van der Waals surface area contributed by atoms with Gasteiger partial charge in [0.2, 0.25) is 0 Å². The molecule has 2 N–H and O–H groups in total. The molecule has 0 bridgehead atoms. The molecule has 3 heteroatoms. The van der Waals surface area contributed by atoms with Gasteiger partial charge in [0.15, 0.2) is 0 Å².